The molecule has 0 spiro atoms. The monoisotopic (exact) mass is 544 g/mol. The standard InChI is InChI=1S/C43H28/c1-27-10-8-11-30(26-27)28-20-22-29(23-21-28)41-34-14-4-6-16-36(34)43(37-17-7-5-15-35(37)41)40-25-24-39-32-13-3-2-12-31(32)33-18-9-19-38(40)42(33)39/h2-26H,1H3. The van der Waals surface area contributed by atoms with E-state index >= 15 is 0 Å². The van der Waals surface area contributed by atoms with Crippen LogP contribution in [-0.4, -0.2) is 0 Å². The van der Waals surface area contributed by atoms with Crippen molar-refractivity contribution in [1.82, 2.24) is 0 Å². The number of aryl methyl sites for hydroxylation is 1. The van der Waals surface area contributed by atoms with Gasteiger partial charge >= 0.3 is 0 Å². The molecule has 0 unspecified atom stereocenters. The van der Waals surface area contributed by atoms with Gasteiger partial charge in [0.2, 0.25) is 0 Å². The van der Waals surface area contributed by atoms with Crippen molar-refractivity contribution in [3.63, 3.8) is 0 Å². The highest BCUT2D eigenvalue weighted by Crippen LogP contribution is 2.51. The summed E-state index contributed by atoms with van der Waals surface area (Å²) in [7, 11) is 0. The molecule has 0 nitrogen and oxygen atoms in total. The predicted octanol–water partition coefficient (Wildman–Crippen LogP) is 12.1. The Morgan fingerprint density at radius 3 is 1.44 bits per heavy atom. The van der Waals surface area contributed by atoms with Crippen molar-refractivity contribution >= 4 is 32.3 Å². The Bertz CT molecular complexity index is 2300. The van der Waals surface area contributed by atoms with Crippen LogP contribution in [-0.2, 0) is 0 Å². The van der Waals surface area contributed by atoms with Crippen molar-refractivity contribution in [3.05, 3.63) is 157 Å². The highest BCUT2D eigenvalue weighted by atomic mass is 14.3. The van der Waals surface area contributed by atoms with E-state index in [9.17, 15) is 0 Å². The molecule has 0 heteroatoms. The third kappa shape index (κ3) is 3.57. The molecule has 0 bridgehead atoms. The average Bonchev–Trinajstić information content (AvgIpc) is 3.39. The zero-order valence-electron chi connectivity index (χ0n) is 23.9. The summed E-state index contributed by atoms with van der Waals surface area (Å²) in [6.07, 6.45) is 0. The van der Waals surface area contributed by atoms with Gasteiger partial charge in [0, 0.05) is 0 Å². The van der Waals surface area contributed by atoms with E-state index in [-0.39, 0.29) is 0 Å². The minimum atomic E-state index is 1.24. The minimum Gasteiger partial charge on any atom is -0.0616 e. The Morgan fingerprint density at radius 1 is 0.302 bits per heavy atom. The van der Waals surface area contributed by atoms with Crippen molar-refractivity contribution in [2.45, 2.75) is 6.92 Å². The van der Waals surface area contributed by atoms with Gasteiger partial charge < -0.3 is 0 Å². The van der Waals surface area contributed by atoms with Crippen LogP contribution in [0.15, 0.2) is 152 Å². The SMILES string of the molecule is Cc1cccc(-c2ccc(-c3c4ccccc4c(-c4ccc5c6c(cccc46)-c4ccccc4-5)c4ccccc34)cc2)c1. The molecule has 0 heterocycles. The predicted molar refractivity (Wildman–Crippen MR) is 184 cm³/mol. The lowest BCUT2D eigenvalue weighted by molar-refractivity contribution is 1.47. The van der Waals surface area contributed by atoms with Gasteiger partial charge in [0.1, 0.15) is 0 Å². The summed E-state index contributed by atoms with van der Waals surface area (Å²) in [5.41, 5.74) is 14.3. The van der Waals surface area contributed by atoms with E-state index in [0.29, 0.717) is 0 Å². The van der Waals surface area contributed by atoms with Gasteiger partial charge in [-0.05, 0) is 94.9 Å². The first-order chi connectivity index (χ1) is 21.3. The van der Waals surface area contributed by atoms with Gasteiger partial charge in [-0.1, -0.05) is 157 Å². The first-order valence-electron chi connectivity index (χ1n) is 15.0. The first-order valence-corrected chi connectivity index (χ1v) is 15.0. The summed E-state index contributed by atoms with van der Waals surface area (Å²) < 4.78 is 0. The zero-order valence-corrected chi connectivity index (χ0v) is 23.9. The van der Waals surface area contributed by atoms with E-state index in [1.54, 1.807) is 0 Å². The molecule has 0 atom stereocenters. The van der Waals surface area contributed by atoms with Crippen molar-refractivity contribution < 1.29 is 0 Å². The van der Waals surface area contributed by atoms with Crippen LogP contribution in [0.2, 0.25) is 0 Å². The molecule has 200 valence electrons. The molecular weight excluding hydrogens is 516 g/mol. The molecule has 0 N–H and O–H groups in total. The lowest BCUT2D eigenvalue weighted by Gasteiger charge is -2.19. The van der Waals surface area contributed by atoms with E-state index in [1.807, 2.05) is 0 Å². The lowest BCUT2D eigenvalue weighted by atomic mass is 9.84. The Morgan fingerprint density at radius 2 is 0.791 bits per heavy atom. The van der Waals surface area contributed by atoms with Crippen molar-refractivity contribution in [2.75, 3.05) is 0 Å². The molecule has 43 heavy (non-hydrogen) atoms. The first kappa shape index (κ1) is 24.2. The highest BCUT2D eigenvalue weighted by molar-refractivity contribution is 6.26. The topological polar surface area (TPSA) is 0 Å². The maximum absolute atomic E-state index is 2.36. The Kier molecular flexibility index (Phi) is 5.21. The maximum Gasteiger partial charge on any atom is -0.00201 e. The zero-order chi connectivity index (χ0) is 28.5. The summed E-state index contributed by atoms with van der Waals surface area (Å²) >= 11 is 0. The summed E-state index contributed by atoms with van der Waals surface area (Å²) in [6.45, 7) is 2.15. The van der Waals surface area contributed by atoms with Crippen molar-refractivity contribution in [1.29, 1.82) is 0 Å². The largest absolute Gasteiger partial charge is 0.0616 e. The fraction of sp³-hybridized carbons (Fsp3) is 0.0233. The van der Waals surface area contributed by atoms with Crippen molar-refractivity contribution in [2.24, 2.45) is 0 Å². The molecular formula is C43H28. The van der Waals surface area contributed by atoms with Crippen LogP contribution in [0.4, 0.5) is 0 Å². The van der Waals surface area contributed by atoms with Crippen LogP contribution in [0, 0.1) is 6.92 Å². The molecule has 0 saturated heterocycles. The van der Waals surface area contributed by atoms with Crippen LogP contribution in [0.25, 0.3) is 88.0 Å². The summed E-state index contributed by atoms with van der Waals surface area (Å²) in [6, 6.07) is 56.1. The Balaban J connectivity index is 1.32. The molecule has 0 saturated carbocycles. The van der Waals surface area contributed by atoms with Crippen LogP contribution >= 0.6 is 0 Å². The quantitative estimate of drug-likeness (QED) is 0.194. The fourth-order valence-electron chi connectivity index (χ4n) is 7.41. The van der Waals surface area contributed by atoms with Gasteiger partial charge in [0.25, 0.3) is 0 Å². The lowest BCUT2D eigenvalue weighted by Crippen LogP contribution is -1.92. The molecule has 9 rings (SSSR count). The van der Waals surface area contributed by atoms with Gasteiger partial charge in [0.15, 0.2) is 0 Å². The van der Waals surface area contributed by atoms with Gasteiger partial charge in [0.05, 0.1) is 0 Å². The minimum absolute atomic E-state index is 1.24. The molecule has 8 aromatic carbocycles. The second kappa shape index (κ2) is 9.28. The molecule has 0 aromatic heterocycles. The van der Waals surface area contributed by atoms with Gasteiger partial charge in [-0.2, -0.15) is 0 Å². The van der Waals surface area contributed by atoms with Gasteiger partial charge in [-0.25, -0.2) is 0 Å². The molecule has 1 aliphatic rings. The average molecular weight is 545 g/mol. The molecule has 8 aromatic rings. The van der Waals surface area contributed by atoms with Crippen LogP contribution in [0.3, 0.4) is 0 Å². The summed E-state index contributed by atoms with van der Waals surface area (Å²) in [4.78, 5) is 0. The number of hydrogen-bond donors (Lipinski definition) is 0. The third-order valence-corrected chi connectivity index (χ3v) is 9.27. The second-order valence-corrected chi connectivity index (χ2v) is 11.7. The number of hydrogen-bond acceptors (Lipinski definition) is 0. The maximum atomic E-state index is 2.36. The van der Waals surface area contributed by atoms with Gasteiger partial charge in [-0.3, -0.25) is 0 Å². The summed E-state index contributed by atoms with van der Waals surface area (Å²) in [5, 5.41) is 7.82. The van der Waals surface area contributed by atoms with E-state index in [2.05, 4.69) is 159 Å². The molecule has 0 amide bonds. The Labute approximate surface area is 251 Å². The van der Waals surface area contributed by atoms with E-state index in [0.717, 1.165) is 0 Å². The fourth-order valence-corrected chi connectivity index (χ4v) is 7.41. The van der Waals surface area contributed by atoms with Crippen LogP contribution < -0.4 is 0 Å². The van der Waals surface area contributed by atoms with E-state index in [4.69, 9.17) is 0 Å². The number of benzene rings is 8. The number of fused-ring (bicyclic) bond motifs is 5. The Hall–Kier alpha value is -5.46. The van der Waals surface area contributed by atoms with E-state index in [1.165, 1.54) is 93.5 Å². The normalized spacial score (nSPS) is 11.8. The number of rotatable bonds is 3. The van der Waals surface area contributed by atoms with Crippen LogP contribution in [0.1, 0.15) is 5.56 Å². The molecule has 1 aliphatic carbocycles. The highest BCUT2D eigenvalue weighted by Gasteiger charge is 2.24. The smallest absolute Gasteiger partial charge is 0.00201 e. The molecule has 0 fully saturated rings. The van der Waals surface area contributed by atoms with Crippen LogP contribution in [0.5, 0.6) is 0 Å². The molecule has 0 radical (unpaired) electrons. The van der Waals surface area contributed by atoms with Crippen molar-refractivity contribution in [3.8, 4) is 55.6 Å². The second-order valence-electron chi connectivity index (χ2n) is 11.7. The third-order valence-electron chi connectivity index (χ3n) is 9.27. The van der Waals surface area contributed by atoms with Gasteiger partial charge in [-0.15, -0.1) is 0 Å². The molecule has 0 aliphatic heterocycles. The summed E-state index contributed by atoms with van der Waals surface area (Å²) in [5.74, 6) is 0. The van der Waals surface area contributed by atoms with E-state index < -0.39 is 0 Å².